The van der Waals surface area contributed by atoms with Crippen LogP contribution in [0.25, 0.3) is 10.7 Å². The number of hydrogen-bond donors (Lipinski definition) is 2. The van der Waals surface area contributed by atoms with E-state index in [1.54, 1.807) is 4.57 Å². The van der Waals surface area contributed by atoms with E-state index in [0.29, 0.717) is 17.1 Å². The zero-order valence-electron chi connectivity index (χ0n) is 15.0. The molecule has 0 radical (unpaired) electrons. The van der Waals surface area contributed by atoms with Crippen LogP contribution in [0.1, 0.15) is 12.0 Å². The standard InChI is InChI=1S/C18H17F3N4O2S2/c19-18(20,21)12-3-1-4-13(11-12)27-9-7-22-15(26)6-8-25-16(23-24-17(25)28)14-5-2-10-29-14/h1-5,10-11H,6-9H2,(H,22,26)(H,24,28). The fraction of sp³-hybridized carbons (Fsp3) is 0.278. The Morgan fingerprint density at radius 1 is 1.31 bits per heavy atom. The number of rotatable bonds is 8. The molecule has 2 aromatic heterocycles. The third kappa shape index (κ3) is 5.67. The number of halogens is 3. The molecule has 0 unspecified atom stereocenters. The van der Waals surface area contributed by atoms with Crippen LogP contribution in [0.2, 0.25) is 0 Å². The average molecular weight is 442 g/mol. The fourth-order valence-electron chi connectivity index (χ4n) is 2.54. The molecular weight excluding hydrogens is 425 g/mol. The maximum Gasteiger partial charge on any atom is 0.416 e. The third-order valence-corrected chi connectivity index (χ3v) is 5.09. The molecule has 1 aromatic carbocycles. The van der Waals surface area contributed by atoms with Crippen molar-refractivity contribution in [2.45, 2.75) is 19.1 Å². The fourth-order valence-corrected chi connectivity index (χ4v) is 3.49. The molecule has 1 amide bonds. The number of benzene rings is 1. The van der Waals surface area contributed by atoms with Crippen molar-refractivity contribution in [2.24, 2.45) is 0 Å². The van der Waals surface area contributed by atoms with Crippen molar-refractivity contribution in [3.05, 3.63) is 52.1 Å². The molecule has 0 atom stereocenters. The van der Waals surface area contributed by atoms with Crippen LogP contribution in [0.15, 0.2) is 41.8 Å². The summed E-state index contributed by atoms with van der Waals surface area (Å²) in [7, 11) is 0. The quantitative estimate of drug-likeness (QED) is 0.404. The molecule has 154 valence electrons. The van der Waals surface area contributed by atoms with Crippen LogP contribution in [-0.4, -0.2) is 33.8 Å². The van der Waals surface area contributed by atoms with Gasteiger partial charge in [0.25, 0.3) is 0 Å². The van der Waals surface area contributed by atoms with Crippen LogP contribution < -0.4 is 10.1 Å². The van der Waals surface area contributed by atoms with E-state index >= 15 is 0 Å². The van der Waals surface area contributed by atoms with E-state index in [0.717, 1.165) is 17.0 Å². The minimum absolute atomic E-state index is 0.0542. The van der Waals surface area contributed by atoms with Crippen LogP contribution in [0.4, 0.5) is 13.2 Å². The molecule has 0 saturated carbocycles. The van der Waals surface area contributed by atoms with E-state index in [9.17, 15) is 18.0 Å². The van der Waals surface area contributed by atoms with E-state index < -0.39 is 11.7 Å². The molecule has 3 aromatic rings. The molecule has 0 fully saturated rings. The monoisotopic (exact) mass is 442 g/mol. The highest BCUT2D eigenvalue weighted by atomic mass is 32.1. The number of aromatic amines is 1. The molecule has 6 nitrogen and oxygen atoms in total. The van der Waals surface area contributed by atoms with Gasteiger partial charge in [0.2, 0.25) is 5.91 Å². The van der Waals surface area contributed by atoms with E-state index in [4.69, 9.17) is 17.0 Å². The first kappa shape index (κ1) is 21.1. The van der Waals surface area contributed by atoms with Crippen LogP contribution in [0, 0.1) is 4.77 Å². The van der Waals surface area contributed by atoms with Gasteiger partial charge in [-0.15, -0.1) is 11.3 Å². The van der Waals surface area contributed by atoms with E-state index in [1.807, 2.05) is 17.5 Å². The Balaban J connectivity index is 1.45. The number of carbonyl (C=O) groups excluding carboxylic acids is 1. The van der Waals surface area contributed by atoms with Gasteiger partial charge in [0.15, 0.2) is 10.6 Å². The minimum Gasteiger partial charge on any atom is -0.492 e. The predicted octanol–water partition coefficient (Wildman–Crippen LogP) is 4.27. The Kier molecular flexibility index (Phi) is 6.70. The number of hydrogen-bond acceptors (Lipinski definition) is 5. The summed E-state index contributed by atoms with van der Waals surface area (Å²) in [4.78, 5) is 13.0. The number of amides is 1. The maximum absolute atomic E-state index is 12.7. The first-order chi connectivity index (χ1) is 13.8. The Morgan fingerprint density at radius 3 is 2.86 bits per heavy atom. The van der Waals surface area contributed by atoms with Crippen LogP contribution in [-0.2, 0) is 17.5 Å². The van der Waals surface area contributed by atoms with Gasteiger partial charge in [0, 0.05) is 13.0 Å². The van der Waals surface area contributed by atoms with Crippen LogP contribution in [0.5, 0.6) is 5.75 Å². The Morgan fingerprint density at radius 2 is 2.14 bits per heavy atom. The molecule has 0 spiro atoms. The molecule has 0 saturated heterocycles. The predicted molar refractivity (Wildman–Crippen MR) is 105 cm³/mol. The summed E-state index contributed by atoms with van der Waals surface area (Å²) >= 11 is 6.73. The van der Waals surface area contributed by atoms with Crippen molar-refractivity contribution >= 4 is 29.5 Å². The van der Waals surface area contributed by atoms with Crippen LogP contribution >= 0.6 is 23.6 Å². The van der Waals surface area contributed by atoms with Crippen LogP contribution in [0.3, 0.4) is 0 Å². The third-order valence-electron chi connectivity index (χ3n) is 3.92. The lowest BCUT2D eigenvalue weighted by Gasteiger charge is -2.11. The molecule has 11 heteroatoms. The number of ether oxygens (including phenoxy) is 1. The summed E-state index contributed by atoms with van der Waals surface area (Å²) in [5.41, 5.74) is -0.780. The molecule has 2 N–H and O–H groups in total. The van der Waals surface area contributed by atoms with E-state index in [-0.39, 0.29) is 31.2 Å². The van der Waals surface area contributed by atoms with Gasteiger partial charge in [-0.2, -0.15) is 18.3 Å². The van der Waals surface area contributed by atoms with Crippen molar-refractivity contribution in [3.63, 3.8) is 0 Å². The van der Waals surface area contributed by atoms with Crippen molar-refractivity contribution < 1.29 is 22.7 Å². The van der Waals surface area contributed by atoms with E-state index in [2.05, 4.69) is 15.5 Å². The number of carbonyl (C=O) groups is 1. The van der Waals surface area contributed by atoms with Crippen molar-refractivity contribution in [1.29, 1.82) is 0 Å². The summed E-state index contributed by atoms with van der Waals surface area (Å²) in [6.07, 6.45) is -4.25. The largest absolute Gasteiger partial charge is 0.492 e. The highest BCUT2D eigenvalue weighted by Crippen LogP contribution is 2.31. The van der Waals surface area contributed by atoms with Gasteiger partial charge in [-0.1, -0.05) is 12.1 Å². The summed E-state index contributed by atoms with van der Waals surface area (Å²) < 4.78 is 45.5. The molecule has 29 heavy (non-hydrogen) atoms. The lowest BCUT2D eigenvalue weighted by molar-refractivity contribution is -0.137. The molecule has 2 heterocycles. The molecule has 0 bridgehead atoms. The van der Waals surface area contributed by atoms with Gasteiger partial charge in [-0.25, -0.2) is 0 Å². The highest BCUT2D eigenvalue weighted by Gasteiger charge is 2.30. The average Bonchev–Trinajstić information content (AvgIpc) is 3.33. The summed E-state index contributed by atoms with van der Waals surface area (Å²) in [5.74, 6) is 0.544. The van der Waals surface area contributed by atoms with E-state index in [1.165, 1.54) is 23.5 Å². The minimum atomic E-state index is -4.43. The second-order valence-corrected chi connectivity index (χ2v) is 7.29. The van der Waals surface area contributed by atoms with Gasteiger partial charge in [0.05, 0.1) is 17.0 Å². The number of nitrogens with zero attached hydrogens (tertiary/aromatic N) is 2. The second kappa shape index (κ2) is 9.23. The van der Waals surface area contributed by atoms with Gasteiger partial charge < -0.3 is 10.1 Å². The summed E-state index contributed by atoms with van der Waals surface area (Å²) in [5, 5.41) is 11.5. The first-order valence-electron chi connectivity index (χ1n) is 8.60. The maximum atomic E-state index is 12.7. The van der Waals surface area contributed by atoms with Gasteiger partial charge in [-0.05, 0) is 41.9 Å². The zero-order chi connectivity index (χ0) is 20.9. The lowest BCUT2D eigenvalue weighted by Crippen LogP contribution is -2.28. The van der Waals surface area contributed by atoms with Gasteiger partial charge >= 0.3 is 6.18 Å². The highest BCUT2D eigenvalue weighted by molar-refractivity contribution is 7.71. The molecule has 0 aliphatic carbocycles. The number of alkyl halides is 3. The Labute approximate surface area is 173 Å². The SMILES string of the molecule is O=C(CCn1c(-c2cccs2)n[nH]c1=S)NCCOc1cccc(C(F)(F)F)c1. The smallest absolute Gasteiger partial charge is 0.416 e. The van der Waals surface area contributed by atoms with Crippen molar-refractivity contribution in [2.75, 3.05) is 13.2 Å². The Bertz CT molecular complexity index is 1010. The normalized spacial score (nSPS) is 11.4. The zero-order valence-corrected chi connectivity index (χ0v) is 16.7. The second-order valence-electron chi connectivity index (χ2n) is 5.96. The molecule has 0 aliphatic rings. The number of nitrogens with one attached hydrogen (secondary N) is 2. The summed E-state index contributed by atoms with van der Waals surface area (Å²) in [6.45, 7) is 0.575. The van der Waals surface area contributed by atoms with Gasteiger partial charge in [-0.3, -0.25) is 14.5 Å². The topological polar surface area (TPSA) is 71.9 Å². The lowest BCUT2D eigenvalue weighted by atomic mass is 10.2. The number of aromatic nitrogens is 3. The molecule has 3 rings (SSSR count). The summed E-state index contributed by atoms with van der Waals surface area (Å²) in [6, 6.07) is 8.42. The number of thiophene rings is 1. The van der Waals surface area contributed by atoms with Crippen molar-refractivity contribution in [3.8, 4) is 16.5 Å². The van der Waals surface area contributed by atoms with Gasteiger partial charge in [0.1, 0.15) is 12.4 Å². The molecular formula is C18H17F3N4O2S2. The number of H-pyrrole nitrogens is 1. The molecule has 0 aliphatic heterocycles. The van der Waals surface area contributed by atoms with Crippen molar-refractivity contribution in [1.82, 2.24) is 20.1 Å². The Hall–Kier alpha value is -2.66. The first-order valence-corrected chi connectivity index (χ1v) is 9.89.